The Morgan fingerprint density at radius 3 is 2.38 bits per heavy atom. The number of nitrogens with zero attached hydrogens (tertiary/aromatic N) is 1. The van der Waals surface area contributed by atoms with Crippen LogP contribution in [-0.2, 0) is 4.57 Å². The van der Waals surface area contributed by atoms with Crippen molar-refractivity contribution >= 4 is 12.4 Å². The lowest BCUT2D eigenvalue weighted by Gasteiger charge is -2.39. The van der Waals surface area contributed by atoms with Crippen LogP contribution in [0.5, 0.6) is 5.75 Å². The Kier molecular flexibility index (Phi) is 5.72. The molecule has 24 heavy (non-hydrogen) atoms. The molecule has 3 nitrogen and oxygen atoms in total. The first kappa shape index (κ1) is 18.0. The number of hydrogen-bond donors (Lipinski definition) is 0. The zero-order chi connectivity index (χ0) is 17.2. The number of rotatable bonds is 4. The molecule has 0 radical (unpaired) electrons. The van der Waals surface area contributed by atoms with E-state index >= 15 is 0 Å². The maximum absolute atomic E-state index is 13.5. The van der Waals surface area contributed by atoms with Crippen LogP contribution in [0.25, 0.3) is 0 Å². The number of ether oxygens (including phenoxy) is 1. The van der Waals surface area contributed by atoms with Crippen LogP contribution in [0, 0.1) is 0 Å². The van der Waals surface area contributed by atoms with Gasteiger partial charge in [0.2, 0.25) is 0 Å². The predicted molar refractivity (Wildman–Crippen MR) is 103 cm³/mol. The normalized spacial score (nSPS) is 22.7. The van der Waals surface area contributed by atoms with Gasteiger partial charge >= 0.3 is 0 Å². The maximum Gasteiger partial charge on any atom is 0.123 e. The molecule has 1 heterocycles. The van der Waals surface area contributed by atoms with Gasteiger partial charge in [0.25, 0.3) is 0 Å². The molecule has 1 saturated carbocycles. The summed E-state index contributed by atoms with van der Waals surface area (Å²) in [6.45, 7) is 6.33. The zero-order valence-electron chi connectivity index (χ0n) is 15.5. The second kappa shape index (κ2) is 7.62. The first-order valence-electron chi connectivity index (χ1n) is 9.54. The molecular formula is C20H32NO2P. The maximum atomic E-state index is 13.5. The number of methoxy groups -OCH3 is 1. The van der Waals surface area contributed by atoms with Crippen molar-refractivity contribution in [2.24, 2.45) is 0 Å². The van der Waals surface area contributed by atoms with Gasteiger partial charge in [0, 0.05) is 36.8 Å². The van der Waals surface area contributed by atoms with E-state index in [9.17, 15) is 4.57 Å². The third kappa shape index (κ3) is 3.73. The van der Waals surface area contributed by atoms with Crippen molar-refractivity contribution in [2.45, 2.75) is 57.9 Å². The predicted octanol–water partition coefficient (Wildman–Crippen LogP) is 4.46. The van der Waals surface area contributed by atoms with Crippen LogP contribution >= 0.6 is 7.14 Å². The summed E-state index contributed by atoms with van der Waals surface area (Å²) in [7, 11) is -0.551. The molecule has 0 bridgehead atoms. The molecule has 2 aliphatic rings. The third-order valence-electron chi connectivity index (χ3n) is 5.90. The third-order valence-corrected chi connectivity index (χ3v) is 8.96. The number of hydrogen-bond acceptors (Lipinski definition) is 3. The minimum atomic E-state index is -2.27. The van der Waals surface area contributed by atoms with Crippen LogP contribution in [0.4, 0.5) is 0 Å². The largest absolute Gasteiger partial charge is 0.496 e. The summed E-state index contributed by atoms with van der Waals surface area (Å²) in [5, 5.41) is 1.02. The van der Waals surface area contributed by atoms with Crippen LogP contribution in [0.3, 0.4) is 0 Å². The van der Waals surface area contributed by atoms with E-state index in [0.29, 0.717) is 5.92 Å². The van der Waals surface area contributed by atoms with Gasteiger partial charge in [0.1, 0.15) is 12.9 Å². The molecule has 2 fully saturated rings. The van der Waals surface area contributed by atoms with Crippen molar-refractivity contribution in [1.82, 2.24) is 4.90 Å². The molecule has 1 aromatic rings. The Morgan fingerprint density at radius 1 is 1.12 bits per heavy atom. The van der Waals surface area contributed by atoms with E-state index in [1.54, 1.807) is 7.11 Å². The molecule has 0 N–H and O–H groups in total. The van der Waals surface area contributed by atoms with Crippen LogP contribution < -0.4 is 10.0 Å². The molecule has 0 atom stereocenters. The first-order valence-corrected chi connectivity index (χ1v) is 11.6. The topological polar surface area (TPSA) is 29.5 Å². The van der Waals surface area contributed by atoms with Crippen molar-refractivity contribution in [2.75, 3.05) is 32.5 Å². The fraction of sp³-hybridized carbons (Fsp3) is 0.700. The summed E-state index contributed by atoms with van der Waals surface area (Å²) in [5.74, 6) is 1.32. The van der Waals surface area contributed by atoms with Gasteiger partial charge < -0.3 is 9.30 Å². The lowest BCUT2D eigenvalue weighted by atomic mass is 9.94. The molecule has 1 aromatic carbocycles. The van der Waals surface area contributed by atoms with Crippen molar-refractivity contribution in [1.29, 1.82) is 0 Å². The van der Waals surface area contributed by atoms with E-state index in [2.05, 4.69) is 30.9 Å². The summed E-state index contributed by atoms with van der Waals surface area (Å²) >= 11 is 0. The zero-order valence-corrected chi connectivity index (χ0v) is 16.4. The van der Waals surface area contributed by atoms with Crippen molar-refractivity contribution in [3.05, 3.63) is 23.8 Å². The minimum absolute atomic E-state index is 0.420. The summed E-state index contributed by atoms with van der Waals surface area (Å²) in [6, 6.07) is 7.00. The Labute approximate surface area is 147 Å². The van der Waals surface area contributed by atoms with E-state index in [4.69, 9.17) is 4.74 Å². The average molecular weight is 349 g/mol. The Balaban J connectivity index is 1.72. The molecule has 134 valence electrons. The highest BCUT2D eigenvalue weighted by molar-refractivity contribution is 7.71. The van der Waals surface area contributed by atoms with Crippen molar-refractivity contribution in [3.8, 4) is 5.75 Å². The minimum Gasteiger partial charge on any atom is -0.496 e. The molecule has 0 unspecified atom stereocenters. The molecule has 0 aromatic heterocycles. The molecule has 0 spiro atoms. The fourth-order valence-corrected chi connectivity index (χ4v) is 6.90. The molecule has 0 amide bonds. The summed E-state index contributed by atoms with van der Waals surface area (Å²) in [4.78, 5) is 2.61. The highest BCUT2D eigenvalue weighted by atomic mass is 31.2. The highest BCUT2D eigenvalue weighted by Crippen LogP contribution is 2.48. The van der Waals surface area contributed by atoms with Gasteiger partial charge in [-0.3, -0.25) is 4.90 Å². The quantitative estimate of drug-likeness (QED) is 0.752. The monoisotopic (exact) mass is 349 g/mol. The smallest absolute Gasteiger partial charge is 0.123 e. The van der Waals surface area contributed by atoms with Gasteiger partial charge in [0.05, 0.1) is 7.11 Å². The van der Waals surface area contributed by atoms with E-state index in [1.165, 1.54) is 37.7 Å². The molecule has 4 heteroatoms. The van der Waals surface area contributed by atoms with E-state index in [-0.39, 0.29) is 0 Å². The first-order chi connectivity index (χ1) is 11.5. The molecule has 1 saturated heterocycles. The lowest BCUT2D eigenvalue weighted by Crippen LogP contribution is -2.44. The van der Waals surface area contributed by atoms with Crippen molar-refractivity contribution < 1.29 is 9.30 Å². The molecule has 1 aliphatic carbocycles. The van der Waals surface area contributed by atoms with Crippen LogP contribution in [0.1, 0.15) is 57.4 Å². The average Bonchev–Trinajstić information content (AvgIpc) is 2.62. The van der Waals surface area contributed by atoms with Gasteiger partial charge in [-0.15, -0.1) is 0 Å². The van der Waals surface area contributed by atoms with Gasteiger partial charge in [0.15, 0.2) is 0 Å². The summed E-state index contributed by atoms with van der Waals surface area (Å²) < 4.78 is 19.1. The second-order valence-electron chi connectivity index (χ2n) is 7.75. The highest BCUT2D eigenvalue weighted by Gasteiger charge is 2.34. The lowest BCUT2D eigenvalue weighted by molar-refractivity contribution is 0.168. The Hall–Kier alpha value is -0.790. The Bertz CT molecular complexity index is 596. The Morgan fingerprint density at radius 2 is 1.79 bits per heavy atom. The number of benzene rings is 1. The fourth-order valence-electron chi connectivity index (χ4n) is 4.30. The molecule has 1 aliphatic heterocycles. The van der Waals surface area contributed by atoms with Crippen LogP contribution in [0.15, 0.2) is 18.2 Å². The standard InChI is InChI=1S/C20H32NO2P/c1-16(2)19-10-9-18(15-20(19)23-3)24(22)13-11-21(12-14-24)17-7-5-4-6-8-17/h9-10,15-17H,4-8,11-14H2,1-3H3. The summed E-state index contributed by atoms with van der Waals surface area (Å²) in [6.07, 6.45) is 8.45. The SMILES string of the molecule is COc1cc(P2(=O)CCN(C3CCCCC3)CC2)ccc1C(C)C. The van der Waals surface area contributed by atoms with E-state index < -0.39 is 7.14 Å². The van der Waals surface area contributed by atoms with Crippen LogP contribution in [0.2, 0.25) is 0 Å². The second-order valence-corrected chi connectivity index (χ2v) is 10.9. The van der Waals surface area contributed by atoms with E-state index in [0.717, 1.165) is 42.5 Å². The van der Waals surface area contributed by atoms with Crippen LogP contribution in [-0.4, -0.2) is 43.5 Å². The van der Waals surface area contributed by atoms with Gasteiger partial charge in [-0.2, -0.15) is 0 Å². The van der Waals surface area contributed by atoms with Gasteiger partial charge in [-0.1, -0.05) is 45.2 Å². The van der Waals surface area contributed by atoms with E-state index in [1.807, 2.05) is 6.07 Å². The van der Waals surface area contributed by atoms with Gasteiger partial charge in [-0.25, -0.2) is 0 Å². The van der Waals surface area contributed by atoms with Crippen molar-refractivity contribution in [3.63, 3.8) is 0 Å². The molecule has 3 rings (SSSR count). The summed E-state index contributed by atoms with van der Waals surface area (Å²) in [5.41, 5.74) is 1.20. The molecular weight excluding hydrogens is 317 g/mol. The van der Waals surface area contributed by atoms with Gasteiger partial charge in [-0.05, 0) is 30.4 Å².